The Labute approximate surface area is 177 Å². The van der Waals surface area contributed by atoms with Gasteiger partial charge in [0.2, 0.25) is 0 Å². The molecule has 30 heavy (non-hydrogen) atoms. The summed E-state index contributed by atoms with van der Waals surface area (Å²) in [4.78, 5) is 14.0. The molecule has 4 aliphatic heterocycles. The van der Waals surface area contributed by atoms with Gasteiger partial charge in [0, 0.05) is 31.4 Å². The molecule has 6 rings (SSSR count). The molecule has 0 amide bonds. The van der Waals surface area contributed by atoms with E-state index >= 15 is 0 Å². The summed E-state index contributed by atoms with van der Waals surface area (Å²) in [6.07, 6.45) is 11.3. The smallest absolute Gasteiger partial charge is 0.147 e. The van der Waals surface area contributed by atoms with Crippen molar-refractivity contribution in [1.29, 1.82) is 0 Å². The van der Waals surface area contributed by atoms with Gasteiger partial charge in [0.25, 0.3) is 0 Å². The van der Waals surface area contributed by atoms with E-state index in [0.717, 1.165) is 43.6 Å². The number of nitrogens with zero attached hydrogens (tertiary/aromatic N) is 5. The Balaban J connectivity index is 1.11. The highest BCUT2D eigenvalue weighted by Crippen LogP contribution is 2.41. The Hall–Kier alpha value is -1.74. The van der Waals surface area contributed by atoms with E-state index in [1.807, 2.05) is 12.3 Å². The van der Waals surface area contributed by atoms with E-state index in [-0.39, 0.29) is 6.23 Å². The first-order valence-electron chi connectivity index (χ1n) is 11.5. The van der Waals surface area contributed by atoms with Crippen LogP contribution < -0.4 is 5.73 Å². The van der Waals surface area contributed by atoms with Gasteiger partial charge in [0.1, 0.15) is 24.0 Å². The van der Waals surface area contributed by atoms with Crippen LogP contribution in [0.5, 0.6) is 0 Å². The molecule has 2 N–H and O–H groups in total. The third-order valence-corrected chi connectivity index (χ3v) is 7.97. The fourth-order valence-corrected chi connectivity index (χ4v) is 6.08. The number of nitrogen functional groups attached to an aromatic ring is 1. The first-order valence-corrected chi connectivity index (χ1v) is 11.5. The second kappa shape index (κ2) is 7.44. The summed E-state index contributed by atoms with van der Waals surface area (Å²) >= 11 is 0. The third kappa shape index (κ3) is 3.12. The highest BCUT2D eigenvalue weighted by Gasteiger charge is 2.45. The van der Waals surface area contributed by atoms with Gasteiger partial charge in [-0.2, -0.15) is 0 Å². The van der Waals surface area contributed by atoms with Gasteiger partial charge in [-0.25, -0.2) is 9.97 Å². The molecule has 6 heterocycles. The zero-order chi connectivity index (χ0) is 20.1. The number of ether oxygens (including phenoxy) is 2. The van der Waals surface area contributed by atoms with Crippen LogP contribution >= 0.6 is 0 Å². The maximum absolute atomic E-state index is 6.53. The summed E-state index contributed by atoms with van der Waals surface area (Å²) in [6.45, 7) is 6.56. The second-order valence-electron chi connectivity index (χ2n) is 9.51. The van der Waals surface area contributed by atoms with Crippen LogP contribution in [0.3, 0.4) is 0 Å². The third-order valence-electron chi connectivity index (χ3n) is 7.97. The molecule has 2 aromatic heterocycles. The highest BCUT2D eigenvalue weighted by atomic mass is 16.5. The Morgan fingerprint density at radius 3 is 2.77 bits per heavy atom. The Morgan fingerprint density at radius 2 is 1.97 bits per heavy atom. The minimum absolute atomic E-state index is 0.0424. The van der Waals surface area contributed by atoms with E-state index in [1.165, 1.54) is 51.6 Å². The van der Waals surface area contributed by atoms with E-state index < -0.39 is 0 Å². The molecule has 2 aromatic rings. The number of hydrogen-bond donors (Lipinski definition) is 1. The molecule has 0 saturated carbocycles. The van der Waals surface area contributed by atoms with Crippen LogP contribution in [-0.2, 0) is 9.47 Å². The minimum atomic E-state index is 0.0424. The monoisotopic (exact) mass is 412 g/mol. The van der Waals surface area contributed by atoms with Crippen molar-refractivity contribution in [3.63, 3.8) is 0 Å². The summed E-state index contributed by atoms with van der Waals surface area (Å²) < 4.78 is 14.1. The summed E-state index contributed by atoms with van der Waals surface area (Å²) in [5.74, 6) is 0.534. The molecular formula is C22H32N6O2. The topological polar surface area (TPSA) is 81.7 Å². The van der Waals surface area contributed by atoms with Gasteiger partial charge in [-0.05, 0) is 51.1 Å². The summed E-state index contributed by atoms with van der Waals surface area (Å²) in [5.41, 5.74) is 7.27. The van der Waals surface area contributed by atoms with Crippen molar-refractivity contribution in [1.82, 2.24) is 24.3 Å². The molecule has 4 fully saturated rings. The molecule has 0 aliphatic carbocycles. The predicted molar refractivity (Wildman–Crippen MR) is 114 cm³/mol. The SMILES string of the molecule is Nc1ncnc2c1ccn2C1CCC(CN2CCCC23CCN(C2COC2)CC3)O1. The van der Waals surface area contributed by atoms with Crippen molar-refractivity contribution in [3.05, 3.63) is 18.6 Å². The molecule has 8 nitrogen and oxygen atoms in total. The molecule has 2 unspecified atom stereocenters. The highest BCUT2D eigenvalue weighted by molar-refractivity contribution is 5.86. The lowest BCUT2D eigenvalue weighted by Crippen LogP contribution is -2.58. The fraction of sp³-hybridized carbons (Fsp3) is 0.727. The number of anilines is 1. The van der Waals surface area contributed by atoms with Crippen LogP contribution in [0.4, 0.5) is 5.82 Å². The van der Waals surface area contributed by atoms with Crippen LogP contribution in [0.2, 0.25) is 0 Å². The Bertz CT molecular complexity index is 904. The van der Waals surface area contributed by atoms with Crippen molar-refractivity contribution in [2.45, 2.75) is 62.4 Å². The number of piperidine rings is 1. The lowest BCUT2D eigenvalue weighted by atomic mass is 9.84. The number of aromatic nitrogens is 3. The normalized spacial score (nSPS) is 30.4. The summed E-state index contributed by atoms with van der Waals surface area (Å²) in [6, 6.07) is 2.67. The molecule has 0 aromatic carbocycles. The molecule has 4 saturated heterocycles. The van der Waals surface area contributed by atoms with Gasteiger partial charge >= 0.3 is 0 Å². The van der Waals surface area contributed by atoms with Gasteiger partial charge in [-0.1, -0.05) is 0 Å². The van der Waals surface area contributed by atoms with E-state index in [0.29, 0.717) is 23.5 Å². The number of likely N-dealkylation sites (tertiary alicyclic amines) is 2. The first-order chi connectivity index (χ1) is 14.7. The van der Waals surface area contributed by atoms with E-state index in [9.17, 15) is 0 Å². The number of rotatable bonds is 4. The standard InChI is InChI=1S/C22H32N6O2/c23-20-18-4-9-28(21(18)25-15-24-20)19-3-2-17(30-19)12-27-8-1-5-22(27)6-10-26(11-7-22)16-13-29-14-16/h4,9,15-17,19H,1-3,5-8,10-14H2,(H2,23,24,25). The summed E-state index contributed by atoms with van der Waals surface area (Å²) in [7, 11) is 0. The zero-order valence-electron chi connectivity index (χ0n) is 17.6. The average molecular weight is 413 g/mol. The molecule has 2 atom stereocenters. The molecule has 8 heteroatoms. The lowest BCUT2D eigenvalue weighted by Gasteiger charge is -2.49. The van der Waals surface area contributed by atoms with Crippen LogP contribution in [0.25, 0.3) is 11.0 Å². The zero-order valence-corrected chi connectivity index (χ0v) is 17.6. The number of hydrogen-bond acceptors (Lipinski definition) is 7. The van der Waals surface area contributed by atoms with Crippen molar-refractivity contribution in [3.8, 4) is 0 Å². The predicted octanol–water partition coefficient (Wildman–Crippen LogP) is 2.02. The van der Waals surface area contributed by atoms with Crippen molar-refractivity contribution in [2.24, 2.45) is 0 Å². The van der Waals surface area contributed by atoms with Gasteiger partial charge in [-0.15, -0.1) is 0 Å². The quantitative estimate of drug-likeness (QED) is 0.823. The van der Waals surface area contributed by atoms with Gasteiger partial charge in [-0.3, -0.25) is 9.80 Å². The fourth-order valence-electron chi connectivity index (χ4n) is 6.08. The van der Waals surface area contributed by atoms with Crippen LogP contribution in [0.15, 0.2) is 18.6 Å². The largest absolute Gasteiger partial charge is 0.383 e. The molecule has 1 spiro atoms. The molecule has 0 bridgehead atoms. The van der Waals surface area contributed by atoms with Crippen LogP contribution in [0, 0.1) is 0 Å². The molecule has 0 radical (unpaired) electrons. The minimum Gasteiger partial charge on any atom is -0.383 e. The molecular weight excluding hydrogens is 380 g/mol. The van der Waals surface area contributed by atoms with Gasteiger partial charge in [0.15, 0.2) is 0 Å². The van der Waals surface area contributed by atoms with E-state index in [2.05, 4.69) is 24.3 Å². The molecule has 4 aliphatic rings. The first kappa shape index (κ1) is 19.0. The van der Waals surface area contributed by atoms with Crippen molar-refractivity contribution < 1.29 is 9.47 Å². The van der Waals surface area contributed by atoms with Crippen molar-refractivity contribution in [2.75, 3.05) is 45.1 Å². The van der Waals surface area contributed by atoms with Crippen molar-refractivity contribution >= 4 is 16.9 Å². The maximum atomic E-state index is 6.53. The summed E-state index contributed by atoms with van der Waals surface area (Å²) in [5, 5.41) is 0.909. The van der Waals surface area contributed by atoms with Crippen LogP contribution in [-0.4, -0.2) is 81.4 Å². The lowest BCUT2D eigenvalue weighted by molar-refractivity contribution is -0.0881. The Morgan fingerprint density at radius 1 is 1.10 bits per heavy atom. The van der Waals surface area contributed by atoms with E-state index in [4.69, 9.17) is 15.2 Å². The number of nitrogens with two attached hydrogens (primary N) is 1. The van der Waals surface area contributed by atoms with Crippen LogP contribution in [0.1, 0.15) is 44.8 Å². The number of fused-ring (bicyclic) bond motifs is 1. The second-order valence-corrected chi connectivity index (χ2v) is 9.51. The van der Waals surface area contributed by atoms with Gasteiger partial charge < -0.3 is 19.8 Å². The maximum Gasteiger partial charge on any atom is 0.147 e. The average Bonchev–Trinajstić information content (AvgIpc) is 3.43. The van der Waals surface area contributed by atoms with E-state index in [1.54, 1.807) is 0 Å². The molecule has 162 valence electrons. The Kier molecular flexibility index (Phi) is 4.71. The van der Waals surface area contributed by atoms with Gasteiger partial charge in [0.05, 0.1) is 30.7 Å².